The molecule has 1 aromatic carbocycles. The lowest BCUT2D eigenvalue weighted by Gasteiger charge is -2.17. The van der Waals surface area contributed by atoms with Crippen LogP contribution >= 0.6 is 0 Å². The number of ether oxygens (including phenoxy) is 1. The van der Waals surface area contributed by atoms with Crippen LogP contribution in [0.5, 0.6) is 5.75 Å². The van der Waals surface area contributed by atoms with Crippen molar-refractivity contribution in [3.63, 3.8) is 0 Å². The summed E-state index contributed by atoms with van der Waals surface area (Å²) < 4.78 is 5.39. The number of aryl methyl sites for hydroxylation is 1. The van der Waals surface area contributed by atoms with Crippen LogP contribution in [0.4, 0.5) is 0 Å². The maximum atomic E-state index is 5.39. The van der Waals surface area contributed by atoms with Gasteiger partial charge in [0.05, 0.1) is 6.26 Å². The molecule has 0 aromatic heterocycles. The predicted molar refractivity (Wildman–Crippen MR) is 49.4 cm³/mol. The van der Waals surface area contributed by atoms with E-state index in [2.05, 4.69) is 38.1 Å². The number of rotatable bonds is 0. The van der Waals surface area contributed by atoms with Crippen LogP contribution in [-0.4, -0.2) is 0 Å². The highest BCUT2D eigenvalue weighted by Gasteiger charge is 2.12. The smallest absolute Gasteiger partial charge is 0.130 e. The van der Waals surface area contributed by atoms with Gasteiger partial charge in [-0.1, -0.05) is 19.1 Å². The molecule has 1 unspecified atom stereocenters. The van der Waals surface area contributed by atoms with Gasteiger partial charge in [-0.2, -0.15) is 0 Å². The van der Waals surface area contributed by atoms with E-state index in [1.807, 2.05) is 0 Å². The first kappa shape index (κ1) is 7.41. The van der Waals surface area contributed by atoms with Gasteiger partial charge < -0.3 is 4.74 Å². The Kier molecular flexibility index (Phi) is 1.65. The van der Waals surface area contributed by atoms with Crippen LogP contribution in [0.3, 0.4) is 0 Å². The topological polar surface area (TPSA) is 9.23 Å². The molecule has 2 rings (SSSR count). The van der Waals surface area contributed by atoms with E-state index in [1.165, 1.54) is 11.1 Å². The van der Waals surface area contributed by atoms with Gasteiger partial charge in [0, 0.05) is 11.5 Å². The van der Waals surface area contributed by atoms with Gasteiger partial charge >= 0.3 is 0 Å². The summed E-state index contributed by atoms with van der Waals surface area (Å²) in [7, 11) is 0. The Balaban J connectivity index is 2.51. The second-order valence-corrected chi connectivity index (χ2v) is 3.28. The molecule has 0 radical (unpaired) electrons. The second-order valence-electron chi connectivity index (χ2n) is 3.28. The molecule has 62 valence electrons. The van der Waals surface area contributed by atoms with Gasteiger partial charge in [-0.05, 0) is 24.6 Å². The highest BCUT2D eigenvalue weighted by Crippen LogP contribution is 2.31. The molecule has 0 bridgehead atoms. The molecule has 0 amide bonds. The first-order chi connectivity index (χ1) is 5.77. The zero-order chi connectivity index (χ0) is 8.55. The molecule has 0 aliphatic carbocycles. The van der Waals surface area contributed by atoms with E-state index in [0.717, 1.165) is 5.75 Å². The van der Waals surface area contributed by atoms with Crippen molar-refractivity contribution in [2.45, 2.75) is 19.8 Å². The predicted octanol–water partition coefficient (Wildman–Crippen LogP) is 3.00. The summed E-state index contributed by atoms with van der Waals surface area (Å²) in [4.78, 5) is 0. The second kappa shape index (κ2) is 2.67. The molecule has 1 nitrogen and oxygen atoms in total. The van der Waals surface area contributed by atoms with Crippen LogP contribution in [0.15, 0.2) is 30.5 Å². The van der Waals surface area contributed by atoms with Gasteiger partial charge in [0.2, 0.25) is 0 Å². The lowest BCUT2D eigenvalue weighted by molar-refractivity contribution is 0.456. The van der Waals surface area contributed by atoms with Crippen LogP contribution in [0.1, 0.15) is 24.0 Å². The van der Waals surface area contributed by atoms with Crippen LogP contribution in [-0.2, 0) is 0 Å². The first-order valence-corrected chi connectivity index (χ1v) is 4.21. The molecule has 1 heterocycles. The molecule has 0 N–H and O–H groups in total. The monoisotopic (exact) mass is 160 g/mol. The molecule has 12 heavy (non-hydrogen) atoms. The van der Waals surface area contributed by atoms with Crippen molar-refractivity contribution in [3.05, 3.63) is 41.7 Å². The quantitative estimate of drug-likeness (QED) is 0.567. The van der Waals surface area contributed by atoms with Crippen LogP contribution in [0.25, 0.3) is 0 Å². The fourth-order valence-corrected chi connectivity index (χ4v) is 1.45. The van der Waals surface area contributed by atoms with Crippen molar-refractivity contribution < 1.29 is 4.74 Å². The fourth-order valence-electron chi connectivity index (χ4n) is 1.45. The lowest BCUT2D eigenvalue weighted by Crippen LogP contribution is -2.00. The third kappa shape index (κ3) is 1.11. The zero-order valence-corrected chi connectivity index (χ0v) is 7.37. The number of benzene rings is 1. The molecule has 0 fully saturated rings. The summed E-state index contributed by atoms with van der Waals surface area (Å²) in [5.41, 5.74) is 2.53. The zero-order valence-electron chi connectivity index (χ0n) is 7.37. The van der Waals surface area contributed by atoms with E-state index in [-0.39, 0.29) is 0 Å². The molecule has 0 spiro atoms. The Morgan fingerprint density at radius 2 is 2.17 bits per heavy atom. The van der Waals surface area contributed by atoms with E-state index in [9.17, 15) is 0 Å². The minimum absolute atomic E-state index is 0.481. The Bertz CT molecular complexity index is 326. The molecule has 0 saturated carbocycles. The molecule has 1 aromatic rings. The van der Waals surface area contributed by atoms with Gasteiger partial charge in [-0.25, -0.2) is 0 Å². The van der Waals surface area contributed by atoms with Crippen molar-refractivity contribution in [3.8, 4) is 5.75 Å². The molecular weight excluding hydrogens is 148 g/mol. The lowest BCUT2D eigenvalue weighted by atomic mass is 9.98. The number of fused-ring (bicyclic) bond motifs is 1. The van der Waals surface area contributed by atoms with Crippen molar-refractivity contribution in [1.82, 2.24) is 0 Å². The maximum Gasteiger partial charge on any atom is 0.130 e. The number of allylic oxidation sites excluding steroid dienone is 1. The van der Waals surface area contributed by atoms with Crippen LogP contribution < -0.4 is 4.74 Å². The van der Waals surface area contributed by atoms with Gasteiger partial charge in [-0.3, -0.25) is 0 Å². The average molecular weight is 160 g/mol. The maximum absolute atomic E-state index is 5.39. The largest absolute Gasteiger partial charge is 0.465 e. The van der Waals surface area contributed by atoms with Crippen LogP contribution in [0.2, 0.25) is 0 Å². The SMILES string of the molecule is Cc1ccc2c(c1)OC=CC2C. The highest BCUT2D eigenvalue weighted by atomic mass is 16.5. The standard InChI is InChI=1S/C11H12O/c1-8-3-4-10-9(2)5-6-12-11(10)7-8/h3-7,9H,1-2H3. The van der Waals surface area contributed by atoms with Crippen molar-refractivity contribution in [2.75, 3.05) is 0 Å². The Morgan fingerprint density at radius 3 is 3.00 bits per heavy atom. The van der Waals surface area contributed by atoms with E-state index in [1.54, 1.807) is 6.26 Å². The normalized spacial score (nSPS) is 20.0. The van der Waals surface area contributed by atoms with E-state index in [4.69, 9.17) is 4.74 Å². The fraction of sp³-hybridized carbons (Fsp3) is 0.273. The molecule has 0 saturated heterocycles. The third-order valence-corrected chi connectivity index (χ3v) is 2.22. The highest BCUT2D eigenvalue weighted by molar-refractivity contribution is 5.43. The van der Waals surface area contributed by atoms with Gasteiger partial charge in [-0.15, -0.1) is 0 Å². The number of hydrogen-bond acceptors (Lipinski definition) is 1. The minimum Gasteiger partial charge on any atom is -0.465 e. The summed E-state index contributed by atoms with van der Waals surface area (Å²) in [6.45, 7) is 4.25. The summed E-state index contributed by atoms with van der Waals surface area (Å²) in [5.74, 6) is 1.49. The summed E-state index contributed by atoms with van der Waals surface area (Å²) in [5, 5.41) is 0. The summed E-state index contributed by atoms with van der Waals surface area (Å²) in [6, 6.07) is 6.34. The first-order valence-electron chi connectivity index (χ1n) is 4.21. The third-order valence-electron chi connectivity index (χ3n) is 2.22. The summed E-state index contributed by atoms with van der Waals surface area (Å²) >= 11 is 0. The molecular formula is C11H12O. The Labute approximate surface area is 72.7 Å². The van der Waals surface area contributed by atoms with Gasteiger partial charge in [0.1, 0.15) is 5.75 Å². The Morgan fingerprint density at radius 1 is 1.33 bits per heavy atom. The van der Waals surface area contributed by atoms with Crippen molar-refractivity contribution in [1.29, 1.82) is 0 Å². The van der Waals surface area contributed by atoms with E-state index >= 15 is 0 Å². The molecule has 1 heteroatoms. The average Bonchev–Trinajstić information content (AvgIpc) is 2.04. The van der Waals surface area contributed by atoms with Crippen molar-refractivity contribution >= 4 is 0 Å². The van der Waals surface area contributed by atoms with E-state index in [0.29, 0.717) is 5.92 Å². The Hall–Kier alpha value is -1.24. The number of hydrogen-bond donors (Lipinski definition) is 0. The molecule has 1 aliphatic heterocycles. The minimum atomic E-state index is 0.481. The van der Waals surface area contributed by atoms with E-state index < -0.39 is 0 Å². The molecule has 1 aliphatic rings. The van der Waals surface area contributed by atoms with Crippen LogP contribution in [0, 0.1) is 6.92 Å². The van der Waals surface area contributed by atoms with Gasteiger partial charge in [0.15, 0.2) is 0 Å². The summed E-state index contributed by atoms with van der Waals surface area (Å²) in [6.07, 6.45) is 3.84. The van der Waals surface area contributed by atoms with Gasteiger partial charge in [0.25, 0.3) is 0 Å². The molecule has 1 atom stereocenters. The van der Waals surface area contributed by atoms with Crippen molar-refractivity contribution in [2.24, 2.45) is 0 Å².